The first kappa shape index (κ1) is 17.2. The van der Waals surface area contributed by atoms with Gasteiger partial charge in [-0.3, -0.25) is 9.59 Å². The highest BCUT2D eigenvalue weighted by atomic mass is 16.5. The van der Waals surface area contributed by atoms with Crippen molar-refractivity contribution in [2.45, 2.75) is 26.3 Å². The second-order valence-corrected chi connectivity index (χ2v) is 4.80. The molecule has 0 aromatic rings. The molecule has 2 unspecified atom stereocenters. The van der Waals surface area contributed by atoms with Gasteiger partial charge in [0, 0.05) is 26.1 Å². The van der Waals surface area contributed by atoms with Crippen LogP contribution in [-0.2, 0) is 14.3 Å². The van der Waals surface area contributed by atoms with Crippen molar-refractivity contribution in [1.82, 2.24) is 15.5 Å². The van der Waals surface area contributed by atoms with Gasteiger partial charge in [-0.2, -0.15) is 0 Å². The van der Waals surface area contributed by atoms with Crippen molar-refractivity contribution in [3.63, 3.8) is 0 Å². The van der Waals surface area contributed by atoms with Crippen molar-refractivity contribution in [3.05, 3.63) is 0 Å². The number of carbonyl (C=O) groups is 3. The summed E-state index contributed by atoms with van der Waals surface area (Å²) in [7, 11) is 0. The van der Waals surface area contributed by atoms with E-state index in [0.29, 0.717) is 13.1 Å². The lowest BCUT2D eigenvalue weighted by Gasteiger charge is -2.19. The molecule has 1 heterocycles. The molecule has 3 amide bonds. The topological polar surface area (TPSA) is 108 Å². The standard InChI is InChI=1S/C13H23N3O5/c1-3-16(4-2)11(17)5-6-14-13(20)15-10-8-21-7-9(10)12(18)19/h9-10H,3-8H2,1-2H3,(H,18,19)(H2,14,15,20). The Morgan fingerprint density at radius 2 is 1.90 bits per heavy atom. The fourth-order valence-electron chi connectivity index (χ4n) is 2.18. The van der Waals surface area contributed by atoms with Crippen LogP contribution >= 0.6 is 0 Å². The SMILES string of the molecule is CCN(CC)C(=O)CCNC(=O)NC1COCC1C(=O)O. The molecule has 0 saturated carbocycles. The van der Waals surface area contributed by atoms with Crippen LogP contribution in [0.3, 0.4) is 0 Å². The average Bonchev–Trinajstić information content (AvgIpc) is 2.88. The summed E-state index contributed by atoms with van der Waals surface area (Å²) in [5.74, 6) is -1.74. The normalized spacial score (nSPS) is 20.9. The van der Waals surface area contributed by atoms with Gasteiger partial charge in [-0.1, -0.05) is 0 Å². The maximum absolute atomic E-state index is 11.7. The van der Waals surface area contributed by atoms with Crippen molar-refractivity contribution in [1.29, 1.82) is 0 Å². The zero-order chi connectivity index (χ0) is 15.8. The van der Waals surface area contributed by atoms with E-state index < -0.39 is 24.0 Å². The lowest BCUT2D eigenvalue weighted by molar-refractivity contribution is -0.142. The molecular weight excluding hydrogens is 278 g/mol. The molecule has 120 valence electrons. The minimum Gasteiger partial charge on any atom is -0.481 e. The number of urea groups is 1. The summed E-state index contributed by atoms with van der Waals surface area (Å²) in [6.45, 7) is 5.57. The molecule has 1 fully saturated rings. The highest BCUT2D eigenvalue weighted by Gasteiger charge is 2.34. The van der Waals surface area contributed by atoms with Gasteiger partial charge < -0.3 is 25.4 Å². The van der Waals surface area contributed by atoms with Crippen molar-refractivity contribution < 1.29 is 24.2 Å². The smallest absolute Gasteiger partial charge is 0.315 e. The summed E-state index contributed by atoms with van der Waals surface area (Å²) in [4.78, 5) is 36.0. The van der Waals surface area contributed by atoms with Crippen LogP contribution in [0.25, 0.3) is 0 Å². The minimum absolute atomic E-state index is 0.0205. The van der Waals surface area contributed by atoms with Crippen molar-refractivity contribution >= 4 is 17.9 Å². The van der Waals surface area contributed by atoms with Crippen molar-refractivity contribution in [2.75, 3.05) is 32.8 Å². The van der Waals surface area contributed by atoms with E-state index >= 15 is 0 Å². The van der Waals surface area contributed by atoms with Gasteiger partial charge in [-0.15, -0.1) is 0 Å². The molecule has 1 aliphatic heterocycles. The summed E-state index contributed by atoms with van der Waals surface area (Å²) in [6.07, 6.45) is 0.221. The average molecular weight is 301 g/mol. The van der Waals surface area contributed by atoms with Gasteiger partial charge in [0.25, 0.3) is 0 Å². The molecule has 8 nitrogen and oxygen atoms in total. The first-order valence-corrected chi connectivity index (χ1v) is 7.12. The summed E-state index contributed by atoms with van der Waals surface area (Å²) in [6, 6.07) is -1.02. The van der Waals surface area contributed by atoms with Crippen LogP contribution in [0, 0.1) is 5.92 Å². The first-order chi connectivity index (χ1) is 9.99. The van der Waals surface area contributed by atoms with Crippen molar-refractivity contribution in [3.8, 4) is 0 Å². The van der Waals surface area contributed by atoms with E-state index in [2.05, 4.69) is 10.6 Å². The number of hydrogen-bond acceptors (Lipinski definition) is 4. The number of carboxylic acids is 1. The Hall–Kier alpha value is -1.83. The molecular formula is C13H23N3O5. The summed E-state index contributed by atoms with van der Waals surface area (Å²) < 4.78 is 5.05. The molecule has 0 aromatic carbocycles. The monoisotopic (exact) mass is 301 g/mol. The quantitative estimate of drug-likeness (QED) is 0.595. The number of aliphatic carboxylic acids is 1. The summed E-state index contributed by atoms with van der Waals surface area (Å²) in [5, 5.41) is 14.1. The molecule has 21 heavy (non-hydrogen) atoms. The van der Waals surface area contributed by atoms with E-state index in [4.69, 9.17) is 9.84 Å². The van der Waals surface area contributed by atoms with E-state index in [0.717, 1.165) is 0 Å². The summed E-state index contributed by atoms with van der Waals surface area (Å²) in [5.41, 5.74) is 0. The van der Waals surface area contributed by atoms with Crippen LogP contribution in [0.15, 0.2) is 0 Å². The third-order valence-corrected chi connectivity index (χ3v) is 3.45. The van der Waals surface area contributed by atoms with Gasteiger partial charge in [0.15, 0.2) is 0 Å². The third kappa shape index (κ3) is 5.22. The molecule has 0 radical (unpaired) electrons. The largest absolute Gasteiger partial charge is 0.481 e. The van der Waals surface area contributed by atoms with Crippen LogP contribution in [0.4, 0.5) is 4.79 Å². The Bertz CT molecular complexity index is 384. The number of carbonyl (C=O) groups excluding carboxylic acids is 2. The molecule has 0 bridgehead atoms. The van der Waals surface area contributed by atoms with Gasteiger partial charge in [0.2, 0.25) is 5.91 Å². The number of nitrogens with zero attached hydrogens (tertiary/aromatic N) is 1. The van der Waals surface area contributed by atoms with E-state index in [-0.39, 0.29) is 32.1 Å². The van der Waals surface area contributed by atoms with Crippen LogP contribution in [0.1, 0.15) is 20.3 Å². The third-order valence-electron chi connectivity index (χ3n) is 3.45. The predicted octanol–water partition coefficient (Wildman–Crippen LogP) is -0.356. The zero-order valence-electron chi connectivity index (χ0n) is 12.4. The molecule has 1 aliphatic rings. The molecule has 0 spiro atoms. The molecule has 1 saturated heterocycles. The predicted molar refractivity (Wildman–Crippen MR) is 74.8 cm³/mol. The minimum atomic E-state index is -0.991. The number of amides is 3. The lowest BCUT2D eigenvalue weighted by atomic mass is 10.0. The van der Waals surface area contributed by atoms with Gasteiger partial charge in [0.05, 0.1) is 19.3 Å². The first-order valence-electron chi connectivity index (χ1n) is 7.12. The molecule has 0 aromatic heterocycles. The van der Waals surface area contributed by atoms with Gasteiger partial charge in [-0.05, 0) is 13.8 Å². The Labute approximate surface area is 123 Å². The van der Waals surface area contributed by atoms with Gasteiger partial charge in [0.1, 0.15) is 5.92 Å². The maximum Gasteiger partial charge on any atom is 0.315 e. The summed E-state index contributed by atoms with van der Waals surface area (Å²) >= 11 is 0. The van der Waals surface area contributed by atoms with Crippen LogP contribution in [0.5, 0.6) is 0 Å². The number of nitrogens with one attached hydrogen (secondary N) is 2. The number of carboxylic acid groups (broad SMARTS) is 1. The van der Waals surface area contributed by atoms with Crippen LogP contribution in [0.2, 0.25) is 0 Å². The van der Waals surface area contributed by atoms with Crippen LogP contribution in [-0.4, -0.2) is 66.8 Å². The van der Waals surface area contributed by atoms with Gasteiger partial charge in [-0.25, -0.2) is 4.79 Å². The molecule has 8 heteroatoms. The van der Waals surface area contributed by atoms with Crippen molar-refractivity contribution in [2.24, 2.45) is 5.92 Å². The molecule has 0 aliphatic carbocycles. The van der Waals surface area contributed by atoms with E-state index in [1.807, 2.05) is 13.8 Å². The Morgan fingerprint density at radius 1 is 1.24 bits per heavy atom. The second-order valence-electron chi connectivity index (χ2n) is 4.80. The Balaban J connectivity index is 2.28. The number of rotatable bonds is 7. The second kappa shape index (κ2) is 8.46. The lowest BCUT2D eigenvalue weighted by Crippen LogP contribution is -2.47. The Kier molecular flexibility index (Phi) is 6.93. The van der Waals surface area contributed by atoms with E-state index in [9.17, 15) is 14.4 Å². The molecule has 1 rings (SSSR count). The fraction of sp³-hybridized carbons (Fsp3) is 0.769. The number of hydrogen-bond donors (Lipinski definition) is 3. The highest BCUT2D eigenvalue weighted by molar-refractivity contribution is 5.79. The Morgan fingerprint density at radius 3 is 2.48 bits per heavy atom. The fourth-order valence-corrected chi connectivity index (χ4v) is 2.18. The van der Waals surface area contributed by atoms with E-state index in [1.165, 1.54) is 0 Å². The molecule has 3 N–H and O–H groups in total. The highest BCUT2D eigenvalue weighted by Crippen LogP contribution is 2.13. The van der Waals surface area contributed by atoms with Gasteiger partial charge >= 0.3 is 12.0 Å². The number of ether oxygens (including phenoxy) is 1. The van der Waals surface area contributed by atoms with Crippen LogP contribution < -0.4 is 10.6 Å². The molecule has 2 atom stereocenters. The zero-order valence-corrected chi connectivity index (χ0v) is 12.4. The maximum atomic E-state index is 11.7. The van der Waals surface area contributed by atoms with E-state index in [1.54, 1.807) is 4.90 Å².